The van der Waals surface area contributed by atoms with E-state index in [9.17, 15) is 4.79 Å². The predicted octanol–water partition coefficient (Wildman–Crippen LogP) is 4.40. The molecule has 0 aliphatic carbocycles. The lowest BCUT2D eigenvalue weighted by molar-refractivity contribution is 0.0452. The molecule has 3 nitrogen and oxygen atoms in total. The molecule has 0 spiro atoms. The molecule has 2 unspecified atom stereocenters. The van der Waals surface area contributed by atoms with Crippen molar-refractivity contribution in [2.45, 2.75) is 53.6 Å². The lowest BCUT2D eigenvalue weighted by Gasteiger charge is -2.16. The molecule has 0 aliphatic rings. The summed E-state index contributed by atoms with van der Waals surface area (Å²) in [6, 6.07) is 0. The number of carboxylic acid groups (broad SMARTS) is 1. The van der Waals surface area contributed by atoms with E-state index in [0.717, 1.165) is 12.8 Å². The normalized spacial score (nSPS) is 15.0. The van der Waals surface area contributed by atoms with Crippen molar-refractivity contribution in [1.82, 2.24) is 0 Å². The molecule has 0 aromatic rings. The molecule has 0 amide bonds. The van der Waals surface area contributed by atoms with Crippen LogP contribution in [0.5, 0.6) is 0 Å². The number of carbonyl (C=O) groups is 1. The third-order valence-corrected chi connectivity index (χ3v) is 2.67. The number of allylic oxidation sites excluding steroid dienone is 3. The zero-order valence-corrected chi connectivity index (χ0v) is 11.5. The Morgan fingerprint density at radius 2 is 1.88 bits per heavy atom. The fourth-order valence-corrected chi connectivity index (χ4v) is 1.52. The zero-order valence-electron chi connectivity index (χ0n) is 11.5. The molecule has 0 heterocycles. The maximum atomic E-state index is 10.4. The molecule has 3 heteroatoms. The van der Waals surface area contributed by atoms with Crippen LogP contribution in [0.3, 0.4) is 0 Å². The molecule has 0 rings (SSSR count). The van der Waals surface area contributed by atoms with E-state index in [1.165, 1.54) is 11.1 Å². The minimum atomic E-state index is -1.21. The third kappa shape index (κ3) is 8.55. The van der Waals surface area contributed by atoms with Crippen LogP contribution in [-0.4, -0.2) is 17.4 Å². The van der Waals surface area contributed by atoms with Crippen molar-refractivity contribution in [3.63, 3.8) is 0 Å². The highest BCUT2D eigenvalue weighted by atomic mass is 16.7. The molecular formula is C14H24O3. The summed E-state index contributed by atoms with van der Waals surface area (Å²) in [7, 11) is 0. The fourth-order valence-electron chi connectivity index (χ4n) is 1.52. The van der Waals surface area contributed by atoms with E-state index in [1.807, 2.05) is 6.92 Å². The highest BCUT2D eigenvalue weighted by Gasteiger charge is 2.13. The van der Waals surface area contributed by atoms with Gasteiger partial charge in [-0.3, -0.25) is 0 Å². The topological polar surface area (TPSA) is 46.5 Å². The summed E-state index contributed by atoms with van der Waals surface area (Å²) >= 11 is 0. The molecule has 0 radical (unpaired) electrons. The van der Waals surface area contributed by atoms with Crippen molar-refractivity contribution in [1.29, 1.82) is 0 Å². The first kappa shape index (κ1) is 15.8. The molecule has 0 saturated carbocycles. The monoisotopic (exact) mass is 240 g/mol. The van der Waals surface area contributed by atoms with E-state index in [4.69, 9.17) is 9.84 Å². The molecule has 0 fully saturated rings. The van der Waals surface area contributed by atoms with Gasteiger partial charge in [-0.05, 0) is 40.5 Å². The fraction of sp³-hybridized carbons (Fsp3) is 0.643. The molecular weight excluding hydrogens is 216 g/mol. The minimum absolute atomic E-state index is 0.109. The van der Waals surface area contributed by atoms with E-state index in [2.05, 4.69) is 32.9 Å². The molecule has 2 atom stereocenters. The van der Waals surface area contributed by atoms with Gasteiger partial charge in [-0.2, -0.15) is 0 Å². The lowest BCUT2D eigenvalue weighted by Crippen LogP contribution is -2.19. The lowest BCUT2D eigenvalue weighted by atomic mass is 10.0. The Hall–Kier alpha value is -1.25. The highest BCUT2D eigenvalue weighted by Crippen LogP contribution is 2.15. The second-order valence-electron chi connectivity index (χ2n) is 4.78. The molecule has 0 saturated heterocycles. The van der Waals surface area contributed by atoms with Crippen molar-refractivity contribution < 1.29 is 14.6 Å². The second kappa shape index (κ2) is 7.93. The Labute approximate surface area is 104 Å². The Morgan fingerprint density at radius 1 is 1.29 bits per heavy atom. The van der Waals surface area contributed by atoms with Gasteiger partial charge in [-0.1, -0.05) is 30.2 Å². The summed E-state index contributed by atoms with van der Waals surface area (Å²) in [6.07, 6.45) is 4.83. The van der Waals surface area contributed by atoms with Crippen LogP contribution in [0.4, 0.5) is 4.79 Å². The van der Waals surface area contributed by atoms with Gasteiger partial charge in [-0.15, -0.1) is 0 Å². The Balaban J connectivity index is 4.17. The quantitative estimate of drug-likeness (QED) is 0.553. The van der Waals surface area contributed by atoms with Crippen LogP contribution in [0.1, 0.15) is 47.5 Å². The van der Waals surface area contributed by atoms with Crippen molar-refractivity contribution in [3.05, 3.63) is 23.3 Å². The van der Waals surface area contributed by atoms with E-state index in [-0.39, 0.29) is 12.0 Å². The van der Waals surface area contributed by atoms with Gasteiger partial charge in [0.25, 0.3) is 0 Å². The average Bonchev–Trinajstić information content (AvgIpc) is 2.15. The first-order valence-electron chi connectivity index (χ1n) is 6.03. The summed E-state index contributed by atoms with van der Waals surface area (Å²) in [4.78, 5) is 10.4. The van der Waals surface area contributed by atoms with Gasteiger partial charge in [-0.25, -0.2) is 4.79 Å². The number of hydrogen-bond donors (Lipinski definition) is 1. The largest absolute Gasteiger partial charge is 0.506 e. The van der Waals surface area contributed by atoms with E-state index in [1.54, 1.807) is 6.92 Å². The Kier molecular flexibility index (Phi) is 7.35. The number of hydrogen-bond acceptors (Lipinski definition) is 2. The van der Waals surface area contributed by atoms with E-state index >= 15 is 0 Å². The average molecular weight is 240 g/mol. The standard InChI is InChI=1S/C14H24O3/c1-10(2)7-6-8-11(3)9-12(4)13(5)17-14(15)16/h7,9,12-13H,6,8H2,1-5H3,(H,15,16). The van der Waals surface area contributed by atoms with Gasteiger partial charge in [0, 0.05) is 5.92 Å². The first-order chi connectivity index (χ1) is 7.82. The van der Waals surface area contributed by atoms with E-state index < -0.39 is 6.16 Å². The van der Waals surface area contributed by atoms with Crippen LogP contribution in [0.25, 0.3) is 0 Å². The van der Waals surface area contributed by atoms with Gasteiger partial charge >= 0.3 is 6.16 Å². The van der Waals surface area contributed by atoms with Crippen LogP contribution >= 0.6 is 0 Å². The molecule has 17 heavy (non-hydrogen) atoms. The highest BCUT2D eigenvalue weighted by molar-refractivity contribution is 5.57. The van der Waals surface area contributed by atoms with Crippen molar-refractivity contribution >= 4 is 6.16 Å². The molecule has 0 bridgehead atoms. The van der Waals surface area contributed by atoms with Crippen LogP contribution in [0.2, 0.25) is 0 Å². The van der Waals surface area contributed by atoms with Gasteiger partial charge in [0.05, 0.1) is 0 Å². The molecule has 1 N–H and O–H groups in total. The molecule has 0 aliphatic heterocycles. The minimum Gasteiger partial charge on any atom is -0.450 e. The Morgan fingerprint density at radius 3 is 2.35 bits per heavy atom. The van der Waals surface area contributed by atoms with Crippen LogP contribution in [0, 0.1) is 5.92 Å². The maximum Gasteiger partial charge on any atom is 0.506 e. The number of rotatable bonds is 6. The molecule has 98 valence electrons. The zero-order chi connectivity index (χ0) is 13.4. The van der Waals surface area contributed by atoms with Crippen LogP contribution in [0.15, 0.2) is 23.3 Å². The SMILES string of the molecule is CC(C)=CCCC(C)=CC(C)C(C)OC(=O)O. The third-order valence-electron chi connectivity index (χ3n) is 2.67. The first-order valence-corrected chi connectivity index (χ1v) is 6.03. The smallest absolute Gasteiger partial charge is 0.450 e. The number of ether oxygens (including phenoxy) is 1. The maximum absolute atomic E-state index is 10.4. The van der Waals surface area contributed by atoms with Gasteiger partial charge < -0.3 is 9.84 Å². The van der Waals surface area contributed by atoms with Gasteiger partial charge in [0.1, 0.15) is 6.10 Å². The summed E-state index contributed by atoms with van der Waals surface area (Å²) < 4.78 is 4.72. The summed E-state index contributed by atoms with van der Waals surface area (Å²) in [5, 5.41) is 8.52. The molecule has 0 aromatic carbocycles. The second-order valence-corrected chi connectivity index (χ2v) is 4.78. The predicted molar refractivity (Wildman–Crippen MR) is 70.2 cm³/mol. The van der Waals surface area contributed by atoms with Crippen LogP contribution in [-0.2, 0) is 4.74 Å². The Bertz CT molecular complexity index is 299. The van der Waals surface area contributed by atoms with E-state index in [0.29, 0.717) is 0 Å². The van der Waals surface area contributed by atoms with Crippen molar-refractivity contribution in [2.75, 3.05) is 0 Å². The molecule has 0 aromatic heterocycles. The van der Waals surface area contributed by atoms with Crippen molar-refractivity contribution in [3.8, 4) is 0 Å². The summed E-state index contributed by atoms with van der Waals surface area (Å²) in [5.41, 5.74) is 2.60. The van der Waals surface area contributed by atoms with Gasteiger partial charge in [0.2, 0.25) is 0 Å². The summed E-state index contributed by atoms with van der Waals surface area (Å²) in [5.74, 6) is 0.109. The summed E-state index contributed by atoms with van der Waals surface area (Å²) in [6.45, 7) is 9.99. The van der Waals surface area contributed by atoms with Crippen LogP contribution < -0.4 is 0 Å². The van der Waals surface area contributed by atoms with Gasteiger partial charge in [0.15, 0.2) is 0 Å². The van der Waals surface area contributed by atoms with Crippen molar-refractivity contribution in [2.24, 2.45) is 5.92 Å².